The average molecular weight is 281 g/mol. The van der Waals surface area contributed by atoms with Crippen molar-refractivity contribution < 1.29 is 4.79 Å². The summed E-state index contributed by atoms with van der Waals surface area (Å²) in [5.41, 5.74) is 6.70. The van der Waals surface area contributed by atoms with Crippen LogP contribution in [0.2, 0.25) is 5.02 Å². The molecule has 0 bridgehead atoms. The van der Waals surface area contributed by atoms with E-state index in [4.69, 9.17) is 17.3 Å². The molecule has 0 saturated heterocycles. The lowest BCUT2D eigenvalue weighted by Crippen LogP contribution is -2.36. The van der Waals surface area contributed by atoms with Gasteiger partial charge in [-0.2, -0.15) is 0 Å². The Morgan fingerprint density at radius 1 is 1.42 bits per heavy atom. The molecule has 104 valence electrons. The molecule has 0 spiro atoms. The number of carbonyl (C=O) groups excluding carboxylic acids is 1. The van der Waals surface area contributed by atoms with E-state index >= 15 is 0 Å². The molecule has 0 aromatic heterocycles. The fourth-order valence-corrected chi connectivity index (χ4v) is 2.95. The summed E-state index contributed by atoms with van der Waals surface area (Å²) in [4.78, 5) is 11.1. The minimum Gasteiger partial charge on any atom is -0.366 e. The van der Waals surface area contributed by atoms with Gasteiger partial charge in [0, 0.05) is 23.2 Å². The second-order valence-corrected chi connectivity index (χ2v) is 5.83. The monoisotopic (exact) mass is 280 g/mol. The molecule has 19 heavy (non-hydrogen) atoms. The lowest BCUT2D eigenvalue weighted by Gasteiger charge is -2.29. The van der Waals surface area contributed by atoms with Crippen LogP contribution in [-0.2, 0) is 6.54 Å². The van der Waals surface area contributed by atoms with Gasteiger partial charge in [0.25, 0.3) is 0 Å². The number of nitrogens with one attached hydrogen (secondary N) is 1. The molecule has 1 aliphatic carbocycles. The summed E-state index contributed by atoms with van der Waals surface area (Å²) in [6.45, 7) is 3.04. The van der Waals surface area contributed by atoms with Crippen molar-refractivity contribution in [3.8, 4) is 0 Å². The van der Waals surface area contributed by atoms with Crippen LogP contribution >= 0.6 is 11.6 Å². The van der Waals surface area contributed by atoms with Crippen LogP contribution in [0.1, 0.15) is 48.5 Å². The van der Waals surface area contributed by atoms with Crippen LogP contribution in [0.5, 0.6) is 0 Å². The van der Waals surface area contributed by atoms with Gasteiger partial charge in [0.15, 0.2) is 0 Å². The first-order valence-corrected chi connectivity index (χ1v) is 7.27. The quantitative estimate of drug-likeness (QED) is 0.890. The molecule has 2 rings (SSSR count). The highest BCUT2D eigenvalue weighted by Gasteiger charge is 2.20. The first-order valence-electron chi connectivity index (χ1n) is 6.89. The topological polar surface area (TPSA) is 55.1 Å². The van der Waals surface area contributed by atoms with E-state index in [1.165, 1.54) is 25.7 Å². The highest BCUT2D eigenvalue weighted by Crippen LogP contribution is 2.25. The van der Waals surface area contributed by atoms with Gasteiger partial charge in [0.1, 0.15) is 0 Å². The molecule has 1 amide bonds. The van der Waals surface area contributed by atoms with E-state index in [-0.39, 0.29) is 0 Å². The molecular weight excluding hydrogens is 260 g/mol. The summed E-state index contributed by atoms with van der Waals surface area (Å²) in [6.07, 6.45) is 5.17. The third-order valence-corrected chi connectivity index (χ3v) is 4.36. The number of hydrogen-bond acceptors (Lipinski definition) is 2. The zero-order chi connectivity index (χ0) is 13.8. The lowest BCUT2D eigenvalue weighted by molar-refractivity contribution is 0.100. The molecule has 1 aromatic rings. The van der Waals surface area contributed by atoms with Gasteiger partial charge >= 0.3 is 0 Å². The Kier molecular flexibility index (Phi) is 4.83. The fourth-order valence-electron chi connectivity index (χ4n) is 2.70. The number of primary amides is 1. The molecular formula is C15H21ClN2O. The first kappa shape index (κ1) is 14.4. The highest BCUT2D eigenvalue weighted by atomic mass is 35.5. The van der Waals surface area contributed by atoms with Crippen molar-refractivity contribution in [2.24, 2.45) is 11.7 Å². The number of halogens is 1. The molecule has 3 nitrogen and oxygen atoms in total. The Bertz CT molecular complexity index is 461. The van der Waals surface area contributed by atoms with Gasteiger partial charge in [0.05, 0.1) is 0 Å². The number of hydrogen-bond donors (Lipinski definition) is 2. The zero-order valence-electron chi connectivity index (χ0n) is 11.3. The summed E-state index contributed by atoms with van der Waals surface area (Å²) in [5.74, 6) is 0.278. The van der Waals surface area contributed by atoms with Gasteiger partial charge in [-0.05, 0) is 36.5 Å². The summed E-state index contributed by atoms with van der Waals surface area (Å²) < 4.78 is 0. The van der Waals surface area contributed by atoms with Crippen LogP contribution in [0.15, 0.2) is 18.2 Å². The predicted molar refractivity (Wildman–Crippen MR) is 78.2 cm³/mol. The van der Waals surface area contributed by atoms with Crippen LogP contribution in [-0.4, -0.2) is 11.9 Å². The van der Waals surface area contributed by atoms with Crippen LogP contribution in [0.3, 0.4) is 0 Å². The number of carbonyl (C=O) groups is 1. The number of benzene rings is 1. The van der Waals surface area contributed by atoms with E-state index in [0.29, 0.717) is 16.6 Å². The Balaban J connectivity index is 1.97. The van der Waals surface area contributed by atoms with Crippen LogP contribution in [0.4, 0.5) is 0 Å². The van der Waals surface area contributed by atoms with Crippen molar-refractivity contribution >= 4 is 17.5 Å². The molecule has 1 aromatic carbocycles. The van der Waals surface area contributed by atoms with E-state index in [2.05, 4.69) is 12.2 Å². The van der Waals surface area contributed by atoms with E-state index in [0.717, 1.165) is 18.0 Å². The van der Waals surface area contributed by atoms with Crippen molar-refractivity contribution in [2.45, 2.75) is 45.2 Å². The largest absolute Gasteiger partial charge is 0.366 e. The maximum Gasteiger partial charge on any atom is 0.248 e. The molecule has 1 aliphatic rings. The van der Waals surface area contributed by atoms with E-state index < -0.39 is 5.91 Å². The van der Waals surface area contributed by atoms with Gasteiger partial charge in [-0.1, -0.05) is 37.4 Å². The maximum atomic E-state index is 11.1. The van der Waals surface area contributed by atoms with Crippen molar-refractivity contribution in [1.82, 2.24) is 5.32 Å². The van der Waals surface area contributed by atoms with E-state index in [1.807, 2.05) is 6.07 Å². The minimum absolute atomic E-state index is 0.442. The third-order valence-electron chi connectivity index (χ3n) is 4.00. The highest BCUT2D eigenvalue weighted by molar-refractivity contribution is 6.31. The van der Waals surface area contributed by atoms with Crippen LogP contribution in [0.25, 0.3) is 0 Å². The smallest absolute Gasteiger partial charge is 0.248 e. The summed E-state index contributed by atoms with van der Waals surface area (Å²) >= 11 is 6.18. The SMILES string of the molecule is CC1CCCCC1NCc1ccc(C(N)=O)cc1Cl. The predicted octanol–water partition coefficient (Wildman–Crippen LogP) is 3.11. The van der Waals surface area contributed by atoms with Crippen molar-refractivity contribution in [2.75, 3.05) is 0 Å². The van der Waals surface area contributed by atoms with E-state index in [1.54, 1.807) is 12.1 Å². The van der Waals surface area contributed by atoms with Gasteiger partial charge in [0.2, 0.25) is 5.91 Å². The Morgan fingerprint density at radius 2 is 2.16 bits per heavy atom. The summed E-state index contributed by atoms with van der Waals surface area (Å²) in [6, 6.07) is 5.82. The van der Waals surface area contributed by atoms with E-state index in [9.17, 15) is 4.79 Å². The lowest BCUT2D eigenvalue weighted by atomic mass is 9.86. The molecule has 2 atom stereocenters. The first-order chi connectivity index (χ1) is 9.08. The third kappa shape index (κ3) is 3.71. The molecule has 0 aliphatic heterocycles. The second-order valence-electron chi connectivity index (χ2n) is 5.42. The summed E-state index contributed by atoms with van der Waals surface area (Å²) in [7, 11) is 0. The van der Waals surface area contributed by atoms with Gasteiger partial charge < -0.3 is 11.1 Å². The van der Waals surface area contributed by atoms with Crippen LogP contribution < -0.4 is 11.1 Å². The minimum atomic E-state index is -0.442. The van der Waals surface area contributed by atoms with Gasteiger partial charge in [-0.3, -0.25) is 4.79 Å². The van der Waals surface area contributed by atoms with Gasteiger partial charge in [-0.15, -0.1) is 0 Å². The molecule has 1 fully saturated rings. The molecule has 1 saturated carbocycles. The normalized spacial score (nSPS) is 23.3. The van der Waals surface area contributed by atoms with Crippen molar-refractivity contribution in [1.29, 1.82) is 0 Å². The molecule has 4 heteroatoms. The molecule has 0 heterocycles. The Labute approximate surface area is 119 Å². The molecule has 2 unspecified atom stereocenters. The van der Waals surface area contributed by atoms with Gasteiger partial charge in [-0.25, -0.2) is 0 Å². The number of amides is 1. The number of rotatable bonds is 4. The maximum absolute atomic E-state index is 11.1. The van der Waals surface area contributed by atoms with Crippen molar-refractivity contribution in [3.05, 3.63) is 34.3 Å². The Hall–Kier alpha value is -1.06. The number of nitrogens with two attached hydrogens (primary N) is 1. The molecule has 3 N–H and O–H groups in total. The average Bonchev–Trinajstić information content (AvgIpc) is 2.39. The standard InChI is InChI=1S/C15H21ClN2O/c1-10-4-2-3-5-14(10)18-9-12-7-6-11(15(17)19)8-13(12)16/h6-8,10,14,18H,2-5,9H2,1H3,(H2,17,19). The van der Waals surface area contributed by atoms with Crippen molar-refractivity contribution in [3.63, 3.8) is 0 Å². The fraction of sp³-hybridized carbons (Fsp3) is 0.533. The molecule has 0 radical (unpaired) electrons. The van der Waals surface area contributed by atoms with Crippen LogP contribution in [0, 0.1) is 5.92 Å². The second kappa shape index (κ2) is 6.40. The Morgan fingerprint density at radius 3 is 2.79 bits per heavy atom. The zero-order valence-corrected chi connectivity index (χ0v) is 12.0. The summed E-state index contributed by atoms with van der Waals surface area (Å²) in [5, 5.41) is 4.18.